The van der Waals surface area contributed by atoms with E-state index in [1.165, 1.54) is 11.8 Å². The van der Waals surface area contributed by atoms with Gasteiger partial charge >= 0.3 is 12.1 Å². The number of carbonyl (C=O) groups excluding carboxylic acids is 4. The molecule has 2 unspecified atom stereocenters. The summed E-state index contributed by atoms with van der Waals surface area (Å²) in [6.07, 6.45) is -0.570. The van der Waals surface area contributed by atoms with Crippen LogP contribution in [0.2, 0.25) is 18.1 Å². The summed E-state index contributed by atoms with van der Waals surface area (Å²) < 4.78 is 17.3. The molecule has 3 amide bonds. The van der Waals surface area contributed by atoms with Crippen LogP contribution in [0.1, 0.15) is 85.6 Å². The Hall–Kier alpha value is -3.49. The molecular weight excluding hydrogens is 687 g/mol. The molecule has 0 bridgehead atoms. The van der Waals surface area contributed by atoms with Crippen molar-refractivity contribution in [3.63, 3.8) is 0 Å². The molecule has 0 spiro atoms. The SMILES string of the molecule is CCOC(=O)N1CCN(C(=O)[C@H](CCC(=O)OC(C)(C)C)NC(=O)c2cc(SC(C)C(C)O[Si](C)(C)C(C)(C)C)nc(-c3ccccc3)n2)CC1. The molecule has 1 saturated heterocycles. The van der Waals surface area contributed by atoms with Gasteiger partial charge in [-0.3, -0.25) is 14.4 Å². The van der Waals surface area contributed by atoms with Crippen LogP contribution in [0.3, 0.4) is 0 Å². The highest BCUT2D eigenvalue weighted by Crippen LogP contribution is 2.39. The number of carbonyl (C=O) groups is 4. The molecule has 3 rings (SSSR count). The van der Waals surface area contributed by atoms with Gasteiger partial charge in [-0.1, -0.05) is 58.0 Å². The molecule has 2 heterocycles. The number of amides is 3. The van der Waals surface area contributed by atoms with Crippen LogP contribution < -0.4 is 5.32 Å². The van der Waals surface area contributed by atoms with Crippen molar-refractivity contribution in [2.45, 2.75) is 121 Å². The second-order valence-corrected chi connectivity index (χ2v) is 21.5. The van der Waals surface area contributed by atoms with Crippen molar-refractivity contribution in [2.75, 3.05) is 32.8 Å². The van der Waals surface area contributed by atoms with Gasteiger partial charge in [-0.05, 0) is 59.2 Å². The summed E-state index contributed by atoms with van der Waals surface area (Å²) in [5, 5.41) is 3.53. The van der Waals surface area contributed by atoms with E-state index in [0.717, 1.165) is 5.56 Å². The smallest absolute Gasteiger partial charge is 0.409 e. The lowest BCUT2D eigenvalue weighted by Gasteiger charge is -2.39. The lowest BCUT2D eigenvalue weighted by atomic mass is 10.1. The van der Waals surface area contributed by atoms with Crippen LogP contribution in [-0.2, 0) is 23.5 Å². The highest BCUT2D eigenvalue weighted by atomic mass is 32.2. The van der Waals surface area contributed by atoms with Gasteiger partial charge in [-0.2, -0.15) is 0 Å². The highest BCUT2D eigenvalue weighted by molar-refractivity contribution is 7.99. The topological polar surface area (TPSA) is 140 Å². The summed E-state index contributed by atoms with van der Waals surface area (Å²) in [5.41, 5.74) is 0.138. The van der Waals surface area contributed by atoms with Crippen LogP contribution in [0.15, 0.2) is 41.4 Å². The predicted molar refractivity (Wildman–Crippen MR) is 202 cm³/mol. The van der Waals surface area contributed by atoms with Crippen LogP contribution in [0.5, 0.6) is 0 Å². The zero-order chi connectivity index (χ0) is 38.1. The number of nitrogens with zero attached hydrogens (tertiary/aromatic N) is 4. The van der Waals surface area contributed by atoms with Gasteiger partial charge in [0.05, 0.1) is 12.7 Å². The van der Waals surface area contributed by atoms with Gasteiger partial charge < -0.3 is 29.0 Å². The van der Waals surface area contributed by atoms with Gasteiger partial charge in [-0.25, -0.2) is 14.8 Å². The molecule has 12 nitrogen and oxygen atoms in total. The number of benzene rings is 1. The van der Waals surface area contributed by atoms with Crippen LogP contribution >= 0.6 is 11.8 Å². The third-order valence-corrected chi connectivity index (χ3v) is 14.8. The van der Waals surface area contributed by atoms with Gasteiger partial charge in [0, 0.05) is 49.5 Å². The summed E-state index contributed by atoms with van der Waals surface area (Å²) >= 11 is 1.50. The van der Waals surface area contributed by atoms with E-state index in [0.29, 0.717) is 23.9 Å². The second kappa shape index (κ2) is 17.8. The lowest BCUT2D eigenvalue weighted by Crippen LogP contribution is -2.56. The Kier molecular flexibility index (Phi) is 14.7. The minimum Gasteiger partial charge on any atom is -0.460 e. The quantitative estimate of drug-likeness (QED) is 0.104. The van der Waals surface area contributed by atoms with E-state index in [2.05, 4.69) is 58.0 Å². The molecule has 14 heteroatoms. The Bertz CT molecular complexity index is 1500. The van der Waals surface area contributed by atoms with Crippen molar-refractivity contribution in [1.29, 1.82) is 0 Å². The molecule has 1 aromatic carbocycles. The Labute approximate surface area is 308 Å². The molecule has 51 heavy (non-hydrogen) atoms. The third kappa shape index (κ3) is 12.6. The zero-order valence-electron chi connectivity index (χ0n) is 32.2. The van der Waals surface area contributed by atoms with E-state index in [-0.39, 0.29) is 60.5 Å². The number of rotatable bonds is 13. The van der Waals surface area contributed by atoms with Crippen molar-refractivity contribution < 1.29 is 33.1 Å². The number of thioether (sulfide) groups is 1. The Balaban J connectivity index is 1.89. The monoisotopic (exact) mass is 743 g/mol. The summed E-state index contributed by atoms with van der Waals surface area (Å²) in [4.78, 5) is 65.4. The fourth-order valence-electron chi connectivity index (χ4n) is 5.03. The minimum atomic E-state index is -2.03. The Morgan fingerprint density at radius 2 is 1.55 bits per heavy atom. The first-order valence-corrected chi connectivity index (χ1v) is 21.5. The van der Waals surface area contributed by atoms with Gasteiger partial charge in [0.25, 0.3) is 5.91 Å². The fraction of sp³-hybridized carbons (Fsp3) is 0.622. The number of nitrogens with one attached hydrogen (secondary N) is 1. The van der Waals surface area contributed by atoms with Crippen molar-refractivity contribution in [2.24, 2.45) is 0 Å². The molecule has 282 valence electrons. The van der Waals surface area contributed by atoms with E-state index in [9.17, 15) is 19.2 Å². The summed E-state index contributed by atoms with van der Waals surface area (Å²) in [6, 6.07) is 10.00. The summed E-state index contributed by atoms with van der Waals surface area (Å²) in [6.45, 7) is 23.6. The van der Waals surface area contributed by atoms with Crippen LogP contribution in [-0.4, -0.2) is 108 Å². The van der Waals surface area contributed by atoms with E-state index in [4.69, 9.17) is 18.9 Å². The first-order valence-electron chi connectivity index (χ1n) is 17.7. The molecule has 2 aromatic rings. The lowest BCUT2D eigenvalue weighted by molar-refractivity contribution is -0.155. The summed E-state index contributed by atoms with van der Waals surface area (Å²) in [7, 11) is -2.03. The van der Waals surface area contributed by atoms with E-state index >= 15 is 0 Å². The van der Waals surface area contributed by atoms with Crippen molar-refractivity contribution in [3.8, 4) is 11.4 Å². The molecule has 1 fully saturated rings. The first-order chi connectivity index (χ1) is 23.7. The average Bonchev–Trinajstić information content (AvgIpc) is 3.05. The maximum atomic E-state index is 14.0. The van der Waals surface area contributed by atoms with Gasteiger partial charge in [0.15, 0.2) is 14.1 Å². The maximum absolute atomic E-state index is 14.0. The van der Waals surface area contributed by atoms with Crippen molar-refractivity contribution in [1.82, 2.24) is 25.1 Å². The minimum absolute atomic E-state index is 0.00462. The highest BCUT2D eigenvalue weighted by Gasteiger charge is 2.39. The van der Waals surface area contributed by atoms with Gasteiger partial charge in [-0.15, -0.1) is 11.8 Å². The molecule has 1 aliphatic heterocycles. The second-order valence-electron chi connectivity index (χ2n) is 15.3. The number of esters is 1. The molecule has 0 saturated carbocycles. The van der Waals surface area contributed by atoms with Gasteiger partial charge in [0.1, 0.15) is 22.4 Å². The van der Waals surface area contributed by atoms with Crippen LogP contribution in [0.25, 0.3) is 11.4 Å². The summed E-state index contributed by atoms with van der Waals surface area (Å²) in [5.74, 6) is -1.02. The molecule has 1 aromatic heterocycles. The largest absolute Gasteiger partial charge is 0.460 e. The maximum Gasteiger partial charge on any atom is 0.409 e. The zero-order valence-corrected chi connectivity index (χ0v) is 34.0. The number of hydrogen-bond donors (Lipinski definition) is 1. The standard InChI is InChI=1S/C37H57N5O7SSi/c1-12-47-35(46)42-22-20-41(21-23-42)34(45)28(18-19-31(43)48-36(4,5)6)39-33(44)29-24-30(40-32(38-29)27-16-14-13-15-17-27)50-26(3)25(2)49-51(10,11)37(7,8)9/h13-17,24-26,28H,12,18-23H2,1-11H3,(H,39,44)/t25?,26?,28-/m0/s1. The van der Waals surface area contributed by atoms with Crippen LogP contribution in [0.4, 0.5) is 4.79 Å². The van der Waals surface area contributed by atoms with E-state index < -0.39 is 37.9 Å². The fourth-order valence-corrected chi connectivity index (χ4v) is 7.56. The van der Waals surface area contributed by atoms with Crippen molar-refractivity contribution in [3.05, 3.63) is 42.1 Å². The Morgan fingerprint density at radius 3 is 2.12 bits per heavy atom. The molecule has 3 atom stereocenters. The molecular formula is C37H57N5O7SSi. The third-order valence-electron chi connectivity index (χ3n) is 9.00. The number of ether oxygens (including phenoxy) is 2. The van der Waals surface area contributed by atoms with E-state index in [1.807, 2.05) is 30.3 Å². The number of aromatic nitrogens is 2. The molecule has 0 radical (unpaired) electrons. The number of hydrogen-bond acceptors (Lipinski definition) is 10. The number of piperazine rings is 1. The molecule has 1 N–H and O–H groups in total. The average molecular weight is 744 g/mol. The predicted octanol–water partition coefficient (Wildman–Crippen LogP) is 6.56. The van der Waals surface area contributed by atoms with Crippen LogP contribution in [0, 0.1) is 0 Å². The molecule has 0 aliphatic carbocycles. The first kappa shape index (κ1) is 41.9. The Morgan fingerprint density at radius 1 is 0.941 bits per heavy atom. The van der Waals surface area contributed by atoms with Gasteiger partial charge in [0.2, 0.25) is 5.91 Å². The normalized spacial score (nSPS) is 15.8. The molecule has 1 aliphatic rings. The van der Waals surface area contributed by atoms with Crippen molar-refractivity contribution >= 4 is 44.0 Å². The van der Waals surface area contributed by atoms with E-state index in [1.54, 1.807) is 43.6 Å².